The van der Waals surface area contributed by atoms with Crippen LogP contribution in [0.5, 0.6) is 5.75 Å². The van der Waals surface area contributed by atoms with E-state index in [1.54, 1.807) is 0 Å². The number of carbonyl (C=O) groups is 1. The lowest BCUT2D eigenvalue weighted by Gasteiger charge is -2.32. The number of fused-ring (bicyclic) bond motifs is 1. The average Bonchev–Trinajstić information content (AvgIpc) is 3.12. The van der Waals surface area contributed by atoms with Gasteiger partial charge in [-0.1, -0.05) is 6.07 Å². The van der Waals surface area contributed by atoms with Crippen molar-refractivity contribution in [3.05, 3.63) is 28.8 Å². The van der Waals surface area contributed by atoms with E-state index in [2.05, 4.69) is 18.0 Å². The summed E-state index contributed by atoms with van der Waals surface area (Å²) >= 11 is 0. The molecule has 0 spiro atoms. The van der Waals surface area contributed by atoms with Gasteiger partial charge in [0.2, 0.25) is 0 Å². The minimum atomic E-state index is 0.0290. The van der Waals surface area contributed by atoms with E-state index >= 15 is 0 Å². The molecule has 0 radical (unpaired) electrons. The number of hydrogen-bond donors (Lipinski definition) is 1. The van der Waals surface area contributed by atoms with Crippen LogP contribution < -0.4 is 0 Å². The number of amides is 1. The molecule has 4 rings (SSSR count). The number of benzene rings is 1. The fourth-order valence-electron chi connectivity index (χ4n) is 5.01. The Balaban J connectivity index is 1.45. The second-order valence-corrected chi connectivity index (χ2v) is 8.25. The molecule has 4 heteroatoms. The third-order valence-corrected chi connectivity index (χ3v) is 6.67. The molecule has 1 unspecified atom stereocenters. The Morgan fingerprint density at radius 2 is 1.76 bits per heavy atom. The lowest BCUT2D eigenvalue weighted by atomic mass is 9.84. The van der Waals surface area contributed by atoms with Crippen molar-refractivity contribution in [1.29, 1.82) is 0 Å². The van der Waals surface area contributed by atoms with Crippen LogP contribution in [0.1, 0.15) is 53.6 Å². The van der Waals surface area contributed by atoms with Crippen molar-refractivity contribution in [2.45, 2.75) is 44.9 Å². The van der Waals surface area contributed by atoms with Gasteiger partial charge in [-0.2, -0.15) is 0 Å². The van der Waals surface area contributed by atoms with Gasteiger partial charge in [-0.3, -0.25) is 4.79 Å². The quantitative estimate of drug-likeness (QED) is 0.898. The van der Waals surface area contributed by atoms with Gasteiger partial charge in [0, 0.05) is 13.1 Å². The Bertz CT molecular complexity index is 650. The molecule has 3 aliphatic rings. The smallest absolute Gasteiger partial charge is 0.257 e. The molecular weight excluding hydrogens is 312 g/mol. The molecule has 1 aromatic carbocycles. The highest BCUT2D eigenvalue weighted by molar-refractivity contribution is 5.97. The molecule has 0 bridgehead atoms. The van der Waals surface area contributed by atoms with Gasteiger partial charge in [0.15, 0.2) is 0 Å². The number of carbonyl (C=O) groups excluding carboxylic acids is 1. The Hall–Kier alpha value is -1.55. The van der Waals surface area contributed by atoms with E-state index in [0.717, 1.165) is 50.3 Å². The number of aryl methyl sites for hydroxylation is 1. The number of phenols is 1. The Kier molecular flexibility index (Phi) is 4.72. The first-order chi connectivity index (χ1) is 12.1. The molecule has 1 atom stereocenters. The number of phenolic OH excluding ortho intramolecular Hbond substituents is 1. The van der Waals surface area contributed by atoms with Crippen molar-refractivity contribution < 1.29 is 9.90 Å². The van der Waals surface area contributed by atoms with Crippen molar-refractivity contribution in [1.82, 2.24) is 9.80 Å². The predicted octanol–water partition coefficient (Wildman–Crippen LogP) is 3.07. The largest absolute Gasteiger partial charge is 0.507 e. The molecular formula is C21H30N2O2. The molecule has 0 aromatic heterocycles. The molecule has 136 valence electrons. The van der Waals surface area contributed by atoms with Crippen molar-refractivity contribution >= 4 is 5.91 Å². The number of piperidine rings is 1. The zero-order valence-electron chi connectivity index (χ0n) is 15.3. The average molecular weight is 342 g/mol. The minimum absolute atomic E-state index is 0.0290. The van der Waals surface area contributed by atoms with Crippen molar-refractivity contribution in [3.63, 3.8) is 0 Å². The van der Waals surface area contributed by atoms with Gasteiger partial charge in [0.05, 0.1) is 5.56 Å². The van der Waals surface area contributed by atoms with Crippen LogP contribution in [0.4, 0.5) is 0 Å². The van der Waals surface area contributed by atoms with E-state index in [4.69, 9.17) is 0 Å². The van der Waals surface area contributed by atoms with E-state index in [1.807, 2.05) is 11.0 Å². The summed E-state index contributed by atoms with van der Waals surface area (Å²) in [6.45, 7) is 4.07. The van der Waals surface area contributed by atoms with E-state index in [9.17, 15) is 9.90 Å². The van der Waals surface area contributed by atoms with Crippen LogP contribution in [-0.4, -0.2) is 54.0 Å². The van der Waals surface area contributed by atoms with Crippen LogP contribution in [0.3, 0.4) is 0 Å². The van der Waals surface area contributed by atoms with Gasteiger partial charge in [0.1, 0.15) is 5.75 Å². The summed E-state index contributed by atoms with van der Waals surface area (Å²) in [7, 11) is 2.19. The van der Waals surface area contributed by atoms with Crippen LogP contribution in [0.15, 0.2) is 12.1 Å². The van der Waals surface area contributed by atoms with Gasteiger partial charge in [-0.15, -0.1) is 0 Å². The Labute approximate surface area is 150 Å². The molecule has 4 nitrogen and oxygen atoms in total. The summed E-state index contributed by atoms with van der Waals surface area (Å²) in [5.74, 6) is 1.68. The highest BCUT2D eigenvalue weighted by Crippen LogP contribution is 2.35. The van der Waals surface area contributed by atoms with Crippen molar-refractivity contribution in [3.8, 4) is 5.75 Å². The van der Waals surface area contributed by atoms with Crippen LogP contribution in [0.25, 0.3) is 0 Å². The highest BCUT2D eigenvalue weighted by atomic mass is 16.3. The zero-order valence-corrected chi connectivity index (χ0v) is 15.3. The van der Waals surface area contributed by atoms with Gasteiger partial charge in [-0.05, 0) is 94.1 Å². The summed E-state index contributed by atoms with van der Waals surface area (Å²) in [4.78, 5) is 17.4. The molecule has 2 heterocycles. The topological polar surface area (TPSA) is 43.8 Å². The summed E-state index contributed by atoms with van der Waals surface area (Å²) in [6, 6.07) is 3.91. The lowest BCUT2D eigenvalue weighted by Crippen LogP contribution is -2.35. The number of hydrogen-bond acceptors (Lipinski definition) is 3. The molecule has 1 aromatic rings. The first kappa shape index (κ1) is 16.9. The molecule has 1 N–H and O–H groups in total. The van der Waals surface area contributed by atoms with Gasteiger partial charge in [0.25, 0.3) is 5.91 Å². The van der Waals surface area contributed by atoms with E-state index < -0.39 is 0 Å². The maximum Gasteiger partial charge on any atom is 0.257 e. The van der Waals surface area contributed by atoms with Crippen LogP contribution in [-0.2, 0) is 12.8 Å². The zero-order chi connectivity index (χ0) is 17.4. The van der Waals surface area contributed by atoms with Gasteiger partial charge in [-0.25, -0.2) is 0 Å². The molecule has 1 aliphatic carbocycles. The normalized spacial score (nSPS) is 25.2. The number of aromatic hydroxyl groups is 1. The van der Waals surface area contributed by atoms with Crippen LogP contribution in [0.2, 0.25) is 0 Å². The third-order valence-electron chi connectivity index (χ3n) is 6.67. The SMILES string of the molecule is CN1CCC(C2CCN(C(=O)c3ccc4c(c3O)CCCC4)C2)CC1. The van der Waals surface area contributed by atoms with E-state index in [0.29, 0.717) is 11.5 Å². The second-order valence-electron chi connectivity index (χ2n) is 8.25. The molecule has 0 saturated carbocycles. The maximum absolute atomic E-state index is 13.0. The van der Waals surface area contributed by atoms with Gasteiger partial charge < -0.3 is 14.9 Å². The first-order valence-corrected chi connectivity index (χ1v) is 9.95. The third kappa shape index (κ3) is 3.29. The van der Waals surface area contributed by atoms with Crippen molar-refractivity contribution in [2.24, 2.45) is 11.8 Å². The fourth-order valence-corrected chi connectivity index (χ4v) is 5.01. The highest BCUT2D eigenvalue weighted by Gasteiger charge is 2.34. The van der Waals surface area contributed by atoms with Crippen LogP contribution >= 0.6 is 0 Å². The molecule has 25 heavy (non-hydrogen) atoms. The number of nitrogens with zero attached hydrogens (tertiary/aromatic N) is 2. The van der Waals surface area contributed by atoms with E-state index in [1.165, 1.54) is 37.9 Å². The minimum Gasteiger partial charge on any atom is -0.507 e. The second kappa shape index (κ2) is 6.99. The molecule has 1 amide bonds. The molecule has 2 saturated heterocycles. The standard InChI is InChI=1S/C21H30N2O2/c1-22-11-8-15(9-12-22)17-10-13-23(14-17)21(25)19-7-6-16-4-2-3-5-18(16)20(19)24/h6-7,15,17,24H,2-5,8-14H2,1H3. The van der Waals surface area contributed by atoms with Gasteiger partial charge >= 0.3 is 0 Å². The fraction of sp³-hybridized carbons (Fsp3) is 0.667. The number of rotatable bonds is 2. The monoisotopic (exact) mass is 342 g/mol. The van der Waals surface area contributed by atoms with Crippen LogP contribution in [0, 0.1) is 11.8 Å². The summed E-state index contributed by atoms with van der Waals surface area (Å²) in [5, 5.41) is 10.7. The summed E-state index contributed by atoms with van der Waals surface area (Å²) < 4.78 is 0. The number of likely N-dealkylation sites (tertiary alicyclic amines) is 2. The predicted molar refractivity (Wildman–Crippen MR) is 99.0 cm³/mol. The summed E-state index contributed by atoms with van der Waals surface area (Å²) in [6.07, 6.45) is 7.86. The maximum atomic E-state index is 13.0. The first-order valence-electron chi connectivity index (χ1n) is 9.95. The summed E-state index contributed by atoms with van der Waals surface area (Å²) in [5.41, 5.74) is 2.76. The Morgan fingerprint density at radius 1 is 1.04 bits per heavy atom. The lowest BCUT2D eigenvalue weighted by molar-refractivity contribution is 0.0772. The van der Waals surface area contributed by atoms with E-state index in [-0.39, 0.29) is 11.7 Å². The van der Waals surface area contributed by atoms with Crippen molar-refractivity contribution in [2.75, 3.05) is 33.2 Å². The molecule has 2 fully saturated rings. The molecule has 2 aliphatic heterocycles. The Morgan fingerprint density at radius 3 is 2.56 bits per heavy atom.